The topological polar surface area (TPSA) is 131 Å². The van der Waals surface area contributed by atoms with E-state index in [9.17, 15) is 24.6 Å². The Morgan fingerprint density at radius 2 is 1.79 bits per heavy atom. The zero-order valence-corrected chi connectivity index (χ0v) is 21.5. The van der Waals surface area contributed by atoms with E-state index in [-0.39, 0.29) is 43.7 Å². The summed E-state index contributed by atoms with van der Waals surface area (Å²) in [6.45, 7) is 1.40. The normalized spacial score (nSPS) is 19.9. The molecule has 0 radical (unpaired) electrons. The van der Waals surface area contributed by atoms with E-state index in [0.29, 0.717) is 36.4 Å². The van der Waals surface area contributed by atoms with Crippen molar-refractivity contribution < 1.29 is 38.8 Å². The number of amides is 1. The molecule has 3 N–H and O–H groups in total. The lowest BCUT2D eigenvalue weighted by molar-refractivity contribution is -0.134. The number of aliphatic hydroxyl groups excluding tert-OH is 2. The number of para-hydroxylation sites is 1. The van der Waals surface area contributed by atoms with Crippen LogP contribution in [-0.2, 0) is 19.1 Å². The van der Waals surface area contributed by atoms with Gasteiger partial charge in [-0.2, -0.15) is 0 Å². The molecule has 38 heavy (non-hydrogen) atoms. The number of ketones is 1. The molecular weight excluding hydrogens is 490 g/mol. The smallest absolute Gasteiger partial charge is 0.311 e. The number of hydrogen-bond donors (Lipinski definition) is 3. The first kappa shape index (κ1) is 29.0. The lowest BCUT2D eigenvalue weighted by atomic mass is 9.99. The first-order chi connectivity index (χ1) is 18.3. The Labute approximate surface area is 222 Å². The van der Waals surface area contributed by atoms with Crippen LogP contribution in [-0.4, -0.2) is 59.4 Å². The molecule has 1 fully saturated rings. The fourth-order valence-corrected chi connectivity index (χ4v) is 4.11. The standard InChI is InChI=1S/C29H35NO8/c1-20(31)30-21-13-15-24(16-14-21)38-28(35)12-8-3-2-7-11-25-26(33)17-27(34)29(25)37-19-22(32)18-36-23-9-5-4-6-10-23/h2,4-7,9-10,13-16,22,25,27,29,32,34H,3,8,11-12,17-19H2,1H3,(H,30,31)/t22?,25-,27+,29+/m0/s1. The molecule has 9 heteroatoms. The van der Waals surface area contributed by atoms with Gasteiger partial charge in [0.25, 0.3) is 0 Å². The van der Waals surface area contributed by atoms with Crippen LogP contribution in [0.2, 0.25) is 0 Å². The van der Waals surface area contributed by atoms with Crippen molar-refractivity contribution in [2.45, 2.75) is 57.3 Å². The molecule has 204 valence electrons. The van der Waals surface area contributed by atoms with E-state index < -0.39 is 24.2 Å². The van der Waals surface area contributed by atoms with Crippen molar-refractivity contribution >= 4 is 23.3 Å². The third kappa shape index (κ3) is 9.74. The molecule has 1 amide bonds. The van der Waals surface area contributed by atoms with Crippen LogP contribution >= 0.6 is 0 Å². The van der Waals surface area contributed by atoms with E-state index in [2.05, 4.69) is 5.32 Å². The number of hydrogen-bond acceptors (Lipinski definition) is 8. The Hall–Kier alpha value is -3.53. The van der Waals surface area contributed by atoms with Crippen molar-refractivity contribution in [3.05, 3.63) is 66.7 Å². The number of aliphatic hydroxyl groups is 2. The van der Waals surface area contributed by atoms with E-state index in [1.54, 1.807) is 36.4 Å². The molecule has 9 nitrogen and oxygen atoms in total. The number of carbonyl (C=O) groups is 3. The maximum atomic E-state index is 12.4. The number of unbranched alkanes of at least 4 members (excludes halogenated alkanes) is 1. The quantitative estimate of drug-likeness (QED) is 0.148. The van der Waals surface area contributed by atoms with Crippen molar-refractivity contribution in [3.63, 3.8) is 0 Å². The largest absolute Gasteiger partial charge is 0.491 e. The highest BCUT2D eigenvalue weighted by Gasteiger charge is 2.41. The van der Waals surface area contributed by atoms with Crippen LogP contribution in [0, 0.1) is 5.92 Å². The molecule has 1 aliphatic carbocycles. The van der Waals surface area contributed by atoms with Crippen LogP contribution in [0.15, 0.2) is 66.7 Å². The SMILES string of the molecule is CC(=O)Nc1ccc(OC(=O)CCCC=CC[C@H]2C(=O)C[C@@H](O)[C@@H]2OCC(O)COc2ccccc2)cc1. The number of anilines is 1. The van der Waals surface area contributed by atoms with Gasteiger partial charge in [0.1, 0.15) is 30.0 Å². The fraction of sp³-hybridized carbons (Fsp3) is 0.414. The van der Waals surface area contributed by atoms with E-state index in [0.717, 1.165) is 0 Å². The van der Waals surface area contributed by atoms with Gasteiger partial charge in [-0.1, -0.05) is 30.4 Å². The zero-order valence-electron chi connectivity index (χ0n) is 21.5. The number of allylic oxidation sites excluding steroid dienone is 2. The summed E-state index contributed by atoms with van der Waals surface area (Å²) in [6.07, 6.45) is 3.12. The summed E-state index contributed by atoms with van der Waals surface area (Å²) >= 11 is 0. The van der Waals surface area contributed by atoms with E-state index in [1.165, 1.54) is 6.92 Å². The van der Waals surface area contributed by atoms with Gasteiger partial charge in [0.15, 0.2) is 0 Å². The first-order valence-electron chi connectivity index (χ1n) is 12.7. The molecule has 1 unspecified atom stereocenters. The highest BCUT2D eigenvalue weighted by Crippen LogP contribution is 2.29. The summed E-state index contributed by atoms with van der Waals surface area (Å²) in [4.78, 5) is 35.5. The molecule has 1 saturated carbocycles. The van der Waals surface area contributed by atoms with Crippen molar-refractivity contribution in [3.8, 4) is 11.5 Å². The average Bonchev–Trinajstić information content (AvgIpc) is 3.16. The molecule has 1 aliphatic rings. The van der Waals surface area contributed by atoms with Crippen LogP contribution < -0.4 is 14.8 Å². The molecular formula is C29H35NO8. The Morgan fingerprint density at radius 3 is 2.50 bits per heavy atom. The molecule has 4 atom stereocenters. The van der Waals surface area contributed by atoms with Gasteiger partial charge in [0, 0.05) is 31.4 Å². The third-order valence-corrected chi connectivity index (χ3v) is 5.98. The lowest BCUT2D eigenvalue weighted by Gasteiger charge is -2.22. The molecule has 0 aliphatic heterocycles. The van der Waals surface area contributed by atoms with Gasteiger partial charge in [-0.05, 0) is 55.7 Å². The number of esters is 1. The van der Waals surface area contributed by atoms with E-state index in [4.69, 9.17) is 14.2 Å². The van der Waals surface area contributed by atoms with Crippen LogP contribution in [0.3, 0.4) is 0 Å². The Kier molecular flexibility index (Phi) is 11.5. The second-order valence-electron chi connectivity index (χ2n) is 9.20. The summed E-state index contributed by atoms with van der Waals surface area (Å²) in [5.41, 5.74) is 0.622. The summed E-state index contributed by atoms with van der Waals surface area (Å²) in [5, 5.41) is 23.1. The Morgan fingerprint density at radius 1 is 1.05 bits per heavy atom. The summed E-state index contributed by atoms with van der Waals surface area (Å²) < 4.78 is 16.5. The number of carbonyl (C=O) groups excluding carboxylic acids is 3. The van der Waals surface area contributed by atoms with Crippen LogP contribution in [0.1, 0.15) is 39.0 Å². The highest BCUT2D eigenvalue weighted by atomic mass is 16.5. The van der Waals surface area contributed by atoms with Crippen molar-refractivity contribution in [1.82, 2.24) is 0 Å². The second kappa shape index (κ2) is 15.0. The maximum Gasteiger partial charge on any atom is 0.311 e. The van der Waals surface area contributed by atoms with Gasteiger partial charge >= 0.3 is 5.97 Å². The molecule has 0 bridgehead atoms. The summed E-state index contributed by atoms with van der Waals surface area (Å²) in [6, 6.07) is 15.6. The van der Waals surface area contributed by atoms with Gasteiger partial charge in [0.2, 0.25) is 5.91 Å². The predicted molar refractivity (Wildman–Crippen MR) is 141 cm³/mol. The van der Waals surface area contributed by atoms with Gasteiger partial charge < -0.3 is 29.7 Å². The number of ether oxygens (including phenoxy) is 3. The minimum Gasteiger partial charge on any atom is -0.491 e. The molecule has 0 aromatic heterocycles. The van der Waals surface area contributed by atoms with Gasteiger partial charge in [0.05, 0.1) is 18.8 Å². The first-order valence-corrected chi connectivity index (χ1v) is 12.7. The minimum absolute atomic E-state index is 0.0252. The predicted octanol–water partition coefficient (Wildman–Crippen LogP) is 3.44. The Balaban J connectivity index is 1.34. The molecule has 0 heterocycles. The van der Waals surface area contributed by atoms with E-state index >= 15 is 0 Å². The van der Waals surface area contributed by atoms with E-state index in [1.807, 2.05) is 30.4 Å². The van der Waals surface area contributed by atoms with Gasteiger partial charge in [-0.3, -0.25) is 14.4 Å². The van der Waals surface area contributed by atoms with Crippen LogP contribution in [0.5, 0.6) is 11.5 Å². The second-order valence-corrected chi connectivity index (χ2v) is 9.20. The summed E-state index contributed by atoms with van der Waals surface area (Å²) in [7, 11) is 0. The average molecular weight is 526 g/mol. The van der Waals surface area contributed by atoms with Crippen molar-refractivity contribution in [1.29, 1.82) is 0 Å². The summed E-state index contributed by atoms with van der Waals surface area (Å²) in [5.74, 6) is -0.0630. The molecule has 2 aromatic carbocycles. The van der Waals surface area contributed by atoms with Gasteiger partial charge in [-0.15, -0.1) is 0 Å². The monoisotopic (exact) mass is 525 g/mol. The van der Waals surface area contributed by atoms with Crippen molar-refractivity contribution in [2.24, 2.45) is 5.92 Å². The third-order valence-electron chi connectivity index (χ3n) is 5.98. The molecule has 2 aromatic rings. The maximum absolute atomic E-state index is 12.4. The van der Waals surface area contributed by atoms with Crippen LogP contribution in [0.25, 0.3) is 0 Å². The number of Topliss-reactive ketones (excluding diaryl/α,β-unsaturated/α-hetero) is 1. The Bertz CT molecular complexity index is 1070. The zero-order chi connectivity index (χ0) is 27.3. The number of benzene rings is 2. The minimum atomic E-state index is -0.912. The molecule has 0 spiro atoms. The lowest BCUT2D eigenvalue weighted by Crippen LogP contribution is -2.34. The highest BCUT2D eigenvalue weighted by molar-refractivity contribution is 5.88. The van der Waals surface area contributed by atoms with Crippen LogP contribution in [0.4, 0.5) is 5.69 Å². The molecule has 0 saturated heterocycles. The molecule has 3 rings (SSSR count). The fourth-order valence-electron chi connectivity index (χ4n) is 4.11. The number of nitrogens with one attached hydrogen (secondary N) is 1. The number of rotatable bonds is 14. The van der Waals surface area contributed by atoms with Gasteiger partial charge in [-0.25, -0.2) is 0 Å². The van der Waals surface area contributed by atoms with Crippen molar-refractivity contribution in [2.75, 3.05) is 18.5 Å².